The second-order valence-electron chi connectivity index (χ2n) is 6.17. The first-order chi connectivity index (χ1) is 12.5. The van der Waals surface area contributed by atoms with Crippen molar-refractivity contribution in [1.82, 2.24) is 4.90 Å². The van der Waals surface area contributed by atoms with Crippen LogP contribution in [0.3, 0.4) is 0 Å². The van der Waals surface area contributed by atoms with Gasteiger partial charge < -0.3 is 19.5 Å². The van der Waals surface area contributed by atoms with Gasteiger partial charge in [0.25, 0.3) is 0 Å². The largest absolute Gasteiger partial charge is 0.496 e. The van der Waals surface area contributed by atoms with Crippen LogP contribution in [0.5, 0.6) is 11.5 Å². The Kier molecular flexibility index (Phi) is 5.11. The summed E-state index contributed by atoms with van der Waals surface area (Å²) in [5.41, 5.74) is 2.93. The fourth-order valence-electron chi connectivity index (χ4n) is 3.27. The Morgan fingerprint density at radius 3 is 2.38 bits per heavy atom. The number of carbonyl (C=O) groups excluding carboxylic acids is 1. The zero-order valence-electron chi connectivity index (χ0n) is 14.8. The van der Waals surface area contributed by atoms with Crippen molar-refractivity contribution in [3.63, 3.8) is 0 Å². The number of fused-ring (bicyclic) bond motifs is 1. The van der Waals surface area contributed by atoms with Gasteiger partial charge in [-0.25, -0.2) is 4.79 Å². The maximum atomic E-state index is 12.8. The van der Waals surface area contributed by atoms with E-state index in [2.05, 4.69) is 0 Å². The maximum Gasteiger partial charge on any atom is 0.335 e. The van der Waals surface area contributed by atoms with E-state index in [-0.39, 0.29) is 17.9 Å². The number of rotatable bonds is 5. The van der Waals surface area contributed by atoms with Crippen LogP contribution < -0.4 is 9.47 Å². The summed E-state index contributed by atoms with van der Waals surface area (Å²) in [5, 5.41) is 9.16. The third kappa shape index (κ3) is 3.49. The van der Waals surface area contributed by atoms with Gasteiger partial charge in [-0.3, -0.25) is 4.79 Å². The van der Waals surface area contributed by atoms with Gasteiger partial charge in [0.1, 0.15) is 11.5 Å². The van der Waals surface area contributed by atoms with E-state index in [9.17, 15) is 9.59 Å². The lowest BCUT2D eigenvalue weighted by molar-refractivity contribution is -0.131. The first-order valence-corrected chi connectivity index (χ1v) is 8.36. The quantitative estimate of drug-likeness (QED) is 0.892. The van der Waals surface area contributed by atoms with Crippen LogP contribution in [0, 0.1) is 0 Å². The van der Waals surface area contributed by atoms with E-state index in [0.29, 0.717) is 36.6 Å². The number of amides is 1. The van der Waals surface area contributed by atoms with Crippen molar-refractivity contribution in [2.45, 2.75) is 19.4 Å². The van der Waals surface area contributed by atoms with Crippen LogP contribution in [0.2, 0.25) is 0 Å². The van der Waals surface area contributed by atoms with Crippen LogP contribution in [0.25, 0.3) is 0 Å². The van der Waals surface area contributed by atoms with Crippen molar-refractivity contribution >= 4 is 11.9 Å². The monoisotopic (exact) mass is 355 g/mol. The molecule has 0 radical (unpaired) electrons. The summed E-state index contributed by atoms with van der Waals surface area (Å²) >= 11 is 0. The number of aromatic carboxylic acids is 1. The molecule has 0 unspecified atom stereocenters. The summed E-state index contributed by atoms with van der Waals surface area (Å²) in [4.78, 5) is 25.8. The lowest BCUT2D eigenvalue weighted by Gasteiger charge is -2.29. The van der Waals surface area contributed by atoms with Crippen molar-refractivity contribution in [2.75, 3.05) is 20.8 Å². The van der Waals surface area contributed by atoms with E-state index in [4.69, 9.17) is 14.6 Å². The Labute approximate surface area is 152 Å². The van der Waals surface area contributed by atoms with Gasteiger partial charge >= 0.3 is 5.97 Å². The molecule has 6 heteroatoms. The molecule has 0 aliphatic carbocycles. The van der Waals surface area contributed by atoms with E-state index in [1.165, 1.54) is 0 Å². The van der Waals surface area contributed by atoms with E-state index in [1.54, 1.807) is 43.4 Å². The summed E-state index contributed by atoms with van der Waals surface area (Å²) in [6, 6.07) is 10.5. The highest BCUT2D eigenvalue weighted by atomic mass is 16.5. The van der Waals surface area contributed by atoms with Crippen molar-refractivity contribution < 1.29 is 24.2 Å². The van der Waals surface area contributed by atoms with E-state index < -0.39 is 5.97 Å². The standard InChI is InChI=1S/C20H21NO5/c1-25-17-4-3-5-18(26-2)16(17)11-19(22)21-9-8-13-6-7-14(20(23)24)10-15(13)12-21/h3-7,10H,8-9,11-12H2,1-2H3,(H,23,24). The van der Waals surface area contributed by atoms with Gasteiger partial charge in [0, 0.05) is 18.7 Å². The third-order valence-electron chi connectivity index (χ3n) is 4.68. The Balaban J connectivity index is 1.80. The van der Waals surface area contributed by atoms with Gasteiger partial charge in [0.2, 0.25) is 5.91 Å². The summed E-state index contributed by atoms with van der Waals surface area (Å²) in [6.07, 6.45) is 0.880. The van der Waals surface area contributed by atoms with Crippen molar-refractivity contribution in [3.05, 3.63) is 58.7 Å². The second kappa shape index (κ2) is 7.47. The molecule has 0 spiro atoms. The molecule has 136 valence electrons. The number of hydrogen-bond acceptors (Lipinski definition) is 4. The van der Waals surface area contributed by atoms with E-state index >= 15 is 0 Å². The number of carboxylic acid groups (broad SMARTS) is 1. The van der Waals surface area contributed by atoms with Crippen molar-refractivity contribution in [1.29, 1.82) is 0 Å². The normalized spacial score (nSPS) is 13.1. The topological polar surface area (TPSA) is 76.1 Å². The molecular weight excluding hydrogens is 334 g/mol. The fraction of sp³-hybridized carbons (Fsp3) is 0.300. The van der Waals surface area contributed by atoms with E-state index in [0.717, 1.165) is 11.1 Å². The van der Waals surface area contributed by atoms with Crippen LogP contribution in [-0.2, 0) is 24.2 Å². The zero-order valence-corrected chi connectivity index (χ0v) is 14.8. The molecule has 0 fully saturated rings. The molecule has 1 N–H and O–H groups in total. The molecular formula is C20H21NO5. The highest BCUT2D eigenvalue weighted by Crippen LogP contribution is 2.30. The molecule has 1 heterocycles. The van der Waals surface area contributed by atoms with Crippen LogP contribution in [0.4, 0.5) is 0 Å². The fourth-order valence-corrected chi connectivity index (χ4v) is 3.27. The lowest BCUT2D eigenvalue weighted by Crippen LogP contribution is -2.37. The highest BCUT2D eigenvalue weighted by molar-refractivity contribution is 5.88. The molecule has 2 aromatic carbocycles. The van der Waals surface area contributed by atoms with Crippen LogP contribution in [-0.4, -0.2) is 42.6 Å². The third-order valence-corrected chi connectivity index (χ3v) is 4.68. The Hall–Kier alpha value is -3.02. The Bertz CT molecular complexity index is 824. The van der Waals surface area contributed by atoms with Gasteiger partial charge in [-0.2, -0.15) is 0 Å². The number of hydrogen-bond donors (Lipinski definition) is 1. The highest BCUT2D eigenvalue weighted by Gasteiger charge is 2.24. The lowest BCUT2D eigenvalue weighted by atomic mass is 9.96. The predicted octanol–water partition coefficient (Wildman–Crippen LogP) is 2.53. The SMILES string of the molecule is COc1cccc(OC)c1CC(=O)N1CCc2ccc(C(=O)O)cc2C1. The summed E-state index contributed by atoms with van der Waals surface area (Å²) < 4.78 is 10.7. The molecule has 0 atom stereocenters. The molecule has 3 rings (SSSR count). The van der Waals surface area contributed by atoms with Crippen LogP contribution in [0.1, 0.15) is 27.0 Å². The minimum atomic E-state index is -0.963. The number of methoxy groups -OCH3 is 2. The molecule has 0 saturated heterocycles. The van der Waals surface area contributed by atoms with E-state index in [1.807, 2.05) is 12.1 Å². The van der Waals surface area contributed by atoms with Gasteiger partial charge in [0.05, 0.1) is 26.2 Å². The number of nitrogens with zero attached hydrogens (tertiary/aromatic N) is 1. The minimum absolute atomic E-state index is 0.0424. The molecule has 1 aliphatic heterocycles. The van der Waals surface area contributed by atoms with Crippen LogP contribution in [0.15, 0.2) is 36.4 Å². The molecule has 0 bridgehead atoms. The maximum absolute atomic E-state index is 12.8. The summed E-state index contributed by atoms with van der Waals surface area (Å²) in [7, 11) is 3.13. The van der Waals surface area contributed by atoms with Gasteiger partial charge in [-0.1, -0.05) is 12.1 Å². The molecule has 1 amide bonds. The molecule has 0 aromatic heterocycles. The minimum Gasteiger partial charge on any atom is -0.496 e. The van der Waals surface area contributed by atoms with Gasteiger partial charge in [-0.15, -0.1) is 0 Å². The molecule has 2 aromatic rings. The van der Waals surface area contributed by atoms with Gasteiger partial charge in [-0.05, 0) is 41.8 Å². The zero-order chi connectivity index (χ0) is 18.7. The number of ether oxygens (including phenoxy) is 2. The number of carbonyl (C=O) groups is 2. The second-order valence-corrected chi connectivity index (χ2v) is 6.17. The first kappa shape index (κ1) is 17.8. The van der Waals surface area contributed by atoms with Crippen molar-refractivity contribution in [3.8, 4) is 11.5 Å². The number of benzene rings is 2. The summed E-state index contributed by atoms with van der Waals surface area (Å²) in [6.45, 7) is 1.02. The first-order valence-electron chi connectivity index (χ1n) is 8.36. The molecule has 26 heavy (non-hydrogen) atoms. The van der Waals surface area contributed by atoms with Gasteiger partial charge in [0.15, 0.2) is 0 Å². The Morgan fingerprint density at radius 2 is 1.77 bits per heavy atom. The molecule has 6 nitrogen and oxygen atoms in total. The molecule has 1 aliphatic rings. The van der Waals surface area contributed by atoms with Crippen molar-refractivity contribution in [2.24, 2.45) is 0 Å². The average Bonchev–Trinajstić information content (AvgIpc) is 2.67. The average molecular weight is 355 g/mol. The molecule has 0 saturated carbocycles. The Morgan fingerprint density at radius 1 is 1.08 bits per heavy atom. The number of carboxylic acids is 1. The predicted molar refractivity (Wildman–Crippen MR) is 95.8 cm³/mol. The summed E-state index contributed by atoms with van der Waals surface area (Å²) in [5.74, 6) is 0.223. The van der Waals surface area contributed by atoms with Crippen LogP contribution >= 0.6 is 0 Å². The smallest absolute Gasteiger partial charge is 0.335 e.